The first-order valence-electron chi connectivity index (χ1n) is 2.78. The van der Waals surface area contributed by atoms with E-state index in [1.165, 1.54) is 0 Å². The molecule has 0 aromatic carbocycles. The van der Waals surface area contributed by atoms with Gasteiger partial charge >= 0.3 is 0 Å². The molecule has 0 spiro atoms. The van der Waals surface area contributed by atoms with E-state index in [0.717, 1.165) is 12.1 Å². The van der Waals surface area contributed by atoms with E-state index in [4.69, 9.17) is 20.7 Å². The Labute approximate surface area is 67.3 Å². The Balaban J connectivity index is 4.44. The number of nitriles is 2. The van der Waals surface area contributed by atoms with Gasteiger partial charge < -0.3 is 10.2 Å². The van der Waals surface area contributed by atoms with Crippen LogP contribution >= 0.6 is 0 Å². The summed E-state index contributed by atoms with van der Waals surface area (Å²) in [7, 11) is 0. The number of rotatable bonds is 3. The number of carbonyl (C=O) groups is 2. The Hall–Kier alpha value is -1.76. The first kappa shape index (κ1) is 10.2. The normalized spacial score (nSPS) is 13.7. The number of hydrogen-bond donors (Lipinski definition) is 2. The number of aliphatic hydroxyl groups is 2. The number of nitrogens with zero attached hydrogens (tertiary/aromatic N) is 2. The van der Waals surface area contributed by atoms with E-state index in [2.05, 4.69) is 0 Å². The number of Topliss-reactive ketones (excluding diaryl/α,β-unsaturated/α-hetero) is 2. The molecule has 0 bridgehead atoms. The van der Waals surface area contributed by atoms with E-state index >= 15 is 0 Å². The van der Waals surface area contributed by atoms with Crippen molar-refractivity contribution >= 4 is 11.6 Å². The van der Waals surface area contributed by atoms with Crippen LogP contribution in [0.25, 0.3) is 0 Å². The van der Waals surface area contributed by atoms with Gasteiger partial charge in [0, 0.05) is 0 Å². The highest BCUT2D eigenvalue weighted by atomic mass is 16.3. The Morgan fingerprint density at radius 1 is 1.00 bits per heavy atom. The van der Waals surface area contributed by atoms with Crippen molar-refractivity contribution in [2.75, 3.05) is 0 Å². The molecule has 2 atom stereocenters. The van der Waals surface area contributed by atoms with Crippen molar-refractivity contribution in [2.24, 2.45) is 0 Å². The lowest BCUT2D eigenvalue weighted by Crippen LogP contribution is -2.38. The molecule has 0 saturated heterocycles. The van der Waals surface area contributed by atoms with Crippen molar-refractivity contribution in [3.8, 4) is 12.1 Å². The highest BCUT2D eigenvalue weighted by Gasteiger charge is 2.29. The summed E-state index contributed by atoms with van der Waals surface area (Å²) in [5.41, 5.74) is 0. The van der Waals surface area contributed by atoms with Crippen LogP contribution in [0.4, 0.5) is 0 Å². The van der Waals surface area contributed by atoms with E-state index < -0.39 is 23.8 Å². The van der Waals surface area contributed by atoms with E-state index in [0.29, 0.717) is 0 Å². The largest absolute Gasteiger partial charge is 0.381 e. The van der Waals surface area contributed by atoms with Gasteiger partial charge in [-0.3, -0.25) is 9.59 Å². The van der Waals surface area contributed by atoms with Crippen molar-refractivity contribution in [1.29, 1.82) is 10.5 Å². The van der Waals surface area contributed by atoms with Gasteiger partial charge in [-0.1, -0.05) is 0 Å². The molecule has 0 aromatic rings. The summed E-state index contributed by atoms with van der Waals surface area (Å²) in [6, 6.07) is 2.03. The van der Waals surface area contributed by atoms with Crippen LogP contribution in [0.2, 0.25) is 0 Å². The molecule has 0 aromatic heterocycles. The lowest BCUT2D eigenvalue weighted by atomic mass is 10.1. The van der Waals surface area contributed by atoms with Crippen molar-refractivity contribution < 1.29 is 19.8 Å². The molecule has 6 nitrogen and oxygen atoms in total. The Kier molecular flexibility index (Phi) is 3.57. The lowest BCUT2D eigenvalue weighted by Gasteiger charge is -2.07. The molecule has 0 heterocycles. The fraction of sp³-hybridized carbons (Fsp3) is 0.333. The fourth-order valence-electron chi connectivity index (χ4n) is 0.419. The zero-order valence-corrected chi connectivity index (χ0v) is 5.76. The third-order valence-electron chi connectivity index (χ3n) is 1.06. The molecule has 0 radical (unpaired) electrons. The molecule has 0 amide bonds. The summed E-state index contributed by atoms with van der Waals surface area (Å²) in [6.45, 7) is 0. The minimum atomic E-state index is -2.14. The predicted molar refractivity (Wildman–Crippen MR) is 33.3 cm³/mol. The quantitative estimate of drug-likeness (QED) is 0.465. The van der Waals surface area contributed by atoms with Crippen LogP contribution in [0.3, 0.4) is 0 Å². The first-order valence-corrected chi connectivity index (χ1v) is 2.78. The van der Waals surface area contributed by atoms with Gasteiger partial charge in [-0.15, -0.1) is 0 Å². The van der Waals surface area contributed by atoms with Crippen molar-refractivity contribution in [3.05, 3.63) is 0 Å². The standard InChI is InChI=1S/C6H4N2O4/c7-1-3(9)5(11)6(12)4(10)2-8/h5-6,11-12H. The molecule has 6 heteroatoms. The van der Waals surface area contributed by atoms with Crippen molar-refractivity contribution in [2.45, 2.75) is 12.2 Å². The summed E-state index contributed by atoms with van der Waals surface area (Å²) < 4.78 is 0. The highest BCUT2D eigenvalue weighted by molar-refractivity contribution is 6.05. The van der Waals surface area contributed by atoms with E-state index in [1.54, 1.807) is 0 Å². The topological polar surface area (TPSA) is 122 Å². The third kappa shape index (κ3) is 2.13. The highest BCUT2D eigenvalue weighted by Crippen LogP contribution is 1.95. The maximum Gasteiger partial charge on any atom is 0.263 e. The van der Waals surface area contributed by atoms with E-state index in [1.807, 2.05) is 0 Å². The maximum absolute atomic E-state index is 10.3. The number of aliphatic hydroxyl groups excluding tert-OH is 2. The third-order valence-corrected chi connectivity index (χ3v) is 1.06. The Morgan fingerprint density at radius 2 is 1.25 bits per heavy atom. The molecule has 2 N–H and O–H groups in total. The molecule has 0 rings (SSSR count). The molecule has 0 aliphatic carbocycles. The van der Waals surface area contributed by atoms with Crippen molar-refractivity contribution in [3.63, 3.8) is 0 Å². The molecule has 0 aliphatic heterocycles. The van der Waals surface area contributed by atoms with Crippen molar-refractivity contribution in [1.82, 2.24) is 0 Å². The average Bonchev–Trinajstić information content (AvgIpc) is 2.12. The summed E-state index contributed by atoms with van der Waals surface area (Å²) in [5.74, 6) is -2.71. The Bertz CT molecular complexity index is 255. The summed E-state index contributed by atoms with van der Waals surface area (Å²) in [6.07, 6.45) is -4.27. The molecule has 0 fully saturated rings. The van der Waals surface area contributed by atoms with Gasteiger partial charge in [0.15, 0.2) is 12.2 Å². The van der Waals surface area contributed by atoms with Gasteiger partial charge in [0.2, 0.25) is 0 Å². The molecule has 2 unspecified atom stereocenters. The van der Waals surface area contributed by atoms with Crippen LogP contribution in [0, 0.1) is 22.7 Å². The minimum absolute atomic E-state index is 1.01. The minimum Gasteiger partial charge on any atom is -0.381 e. The molecule has 0 saturated carbocycles. The van der Waals surface area contributed by atoms with Crippen LogP contribution in [0.15, 0.2) is 0 Å². The molecule has 12 heavy (non-hydrogen) atoms. The van der Waals surface area contributed by atoms with Crippen LogP contribution in [-0.2, 0) is 9.59 Å². The molecular weight excluding hydrogens is 164 g/mol. The van der Waals surface area contributed by atoms with Gasteiger partial charge in [-0.25, -0.2) is 0 Å². The Morgan fingerprint density at radius 3 is 1.42 bits per heavy atom. The lowest BCUT2D eigenvalue weighted by molar-refractivity contribution is -0.137. The molecule has 62 valence electrons. The average molecular weight is 168 g/mol. The zero-order chi connectivity index (χ0) is 9.72. The predicted octanol–water partition coefficient (Wildman–Crippen LogP) is -2.11. The summed E-state index contributed by atoms with van der Waals surface area (Å²) in [5, 5.41) is 33.3. The van der Waals surface area contributed by atoms with Gasteiger partial charge in [0.25, 0.3) is 11.6 Å². The zero-order valence-electron chi connectivity index (χ0n) is 5.76. The van der Waals surface area contributed by atoms with E-state index in [9.17, 15) is 9.59 Å². The first-order chi connectivity index (χ1) is 5.54. The fourth-order valence-corrected chi connectivity index (χ4v) is 0.419. The van der Waals surface area contributed by atoms with Crippen LogP contribution < -0.4 is 0 Å². The second-order valence-electron chi connectivity index (χ2n) is 1.84. The van der Waals surface area contributed by atoms with Gasteiger partial charge in [-0.2, -0.15) is 10.5 Å². The smallest absolute Gasteiger partial charge is 0.263 e. The maximum atomic E-state index is 10.3. The van der Waals surface area contributed by atoms with Crippen LogP contribution in [-0.4, -0.2) is 34.0 Å². The van der Waals surface area contributed by atoms with Gasteiger partial charge in [0.1, 0.15) is 12.1 Å². The summed E-state index contributed by atoms with van der Waals surface area (Å²) in [4.78, 5) is 20.7. The van der Waals surface area contributed by atoms with Gasteiger partial charge in [0.05, 0.1) is 0 Å². The number of carbonyl (C=O) groups excluding carboxylic acids is 2. The SMILES string of the molecule is N#CC(=O)C(O)C(O)C(=O)C#N. The molecule has 0 aliphatic rings. The second kappa shape index (κ2) is 4.19. The van der Waals surface area contributed by atoms with Crippen LogP contribution in [0.5, 0.6) is 0 Å². The van der Waals surface area contributed by atoms with E-state index in [-0.39, 0.29) is 0 Å². The monoisotopic (exact) mass is 168 g/mol. The van der Waals surface area contributed by atoms with Gasteiger partial charge in [-0.05, 0) is 0 Å². The summed E-state index contributed by atoms with van der Waals surface area (Å²) >= 11 is 0. The second-order valence-corrected chi connectivity index (χ2v) is 1.84. The number of hydrogen-bond acceptors (Lipinski definition) is 6. The number of ketones is 2. The van der Waals surface area contributed by atoms with Crippen LogP contribution in [0.1, 0.15) is 0 Å². The molecular formula is C6H4N2O4.